The van der Waals surface area contributed by atoms with E-state index in [1.54, 1.807) is 11.8 Å². The Labute approximate surface area is 59.3 Å². The fraction of sp³-hybridized carbons (Fsp3) is 1.00. The van der Waals surface area contributed by atoms with Gasteiger partial charge in [0.15, 0.2) is 0 Å². The lowest BCUT2D eigenvalue weighted by Gasteiger charge is -2.01. The van der Waals surface area contributed by atoms with Gasteiger partial charge in [0.05, 0.1) is 6.61 Å². The smallest absolute Gasteiger partial charge is 0.0550 e. The van der Waals surface area contributed by atoms with Crippen molar-refractivity contribution in [3.63, 3.8) is 0 Å². The number of aliphatic hydroxyl groups is 1. The summed E-state index contributed by atoms with van der Waals surface area (Å²) in [6.07, 6.45) is 2.29. The zero-order valence-corrected chi connectivity index (χ0v) is 6.29. The molecule has 0 saturated carbocycles. The summed E-state index contributed by atoms with van der Waals surface area (Å²) in [5.41, 5.74) is 0. The second kappa shape index (κ2) is 2.99. The molecule has 48 valence electrons. The van der Waals surface area contributed by atoms with Crippen molar-refractivity contribution in [2.24, 2.45) is 0 Å². The molecule has 1 aliphatic rings. The lowest BCUT2D eigenvalue weighted by Crippen LogP contribution is -2.01. The van der Waals surface area contributed by atoms with Crippen LogP contribution in [-0.2, 0) is 0 Å². The van der Waals surface area contributed by atoms with Crippen LogP contribution in [0, 0.1) is 0 Å². The maximum atomic E-state index is 8.63. The third-order valence-electron chi connectivity index (χ3n) is 1.29. The Morgan fingerprint density at radius 2 is 2.38 bits per heavy atom. The molecule has 0 spiro atoms. The van der Waals surface area contributed by atoms with E-state index in [-0.39, 0.29) is 0 Å². The van der Waals surface area contributed by atoms with Crippen LogP contribution in [0.15, 0.2) is 0 Å². The standard InChI is InChI=1S/C5H10OS2/c6-3-4-1-2-5(7)8-4/h4-7H,1-3H2. The van der Waals surface area contributed by atoms with Crippen LogP contribution in [-0.4, -0.2) is 21.5 Å². The van der Waals surface area contributed by atoms with Gasteiger partial charge in [0.25, 0.3) is 0 Å². The van der Waals surface area contributed by atoms with E-state index < -0.39 is 0 Å². The van der Waals surface area contributed by atoms with Crippen LogP contribution < -0.4 is 0 Å². The molecule has 3 heteroatoms. The summed E-state index contributed by atoms with van der Waals surface area (Å²) in [6, 6.07) is 0. The molecule has 1 aliphatic heterocycles. The quantitative estimate of drug-likeness (QED) is 0.546. The van der Waals surface area contributed by atoms with E-state index in [1.807, 2.05) is 0 Å². The summed E-state index contributed by atoms with van der Waals surface area (Å²) < 4.78 is 0.479. The van der Waals surface area contributed by atoms with Crippen molar-refractivity contribution in [1.82, 2.24) is 0 Å². The second-order valence-corrected chi connectivity index (χ2v) is 4.45. The molecule has 2 unspecified atom stereocenters. The summed E-state index contributed by atoms with van der Waals surface area (Å²) in [5.74, 6) is 0. The Bertz CT molecular complexity index is 76.8. The van der Waals surface area contributed by atoms with Crippen LogP contribution in [0.2, 0.25) is 0 Å². The fourth-order valence-electron chi connectivity index (χ4n) is 0.821. The summed E-state index contributed by atoms with van der Waals surface area (Å²) in [6.45, 7) is 0.321. The van der Waals surface area contributed by atoms with E-state index in [0.29, 0.717) is 16.4 Å². The molecule has 0 bridgehead atoms. The molecule has 1 nitrogen and oxygen atoms in total. The summed E-state index contributed by atoms with van der Waals surface area (Å²) in [7, 11) is 0. The van der Waals surface area contributed by atoms with Crippen molar-refractivity contribution in [2.45, 2.75) is 22.7 Å². The minimum Gasteiger partial charge on any atom is -0.395 e. The van der Waals surface area contributed by atoms with Crippen LogP contribution in [0.25, 0.3) is 0 Å². The molecule has 2 atom stereocenters. The highest BCUT2D eigenvalue weighted by Gasteiger charge is 2.20. The van der Waals surface area contributed by atoms with Gasteiger partial charge in [-0.3, -0.25) is 0 Å². The molecule has 1 saturated heterocycles. The van der Waals surface area contributed by atoms with Gasteiger partial charge in [-0.25, -0.2) is 0 Å². The Hall–Kier alpha value is 0.660. The highest BCUT2D eigenvalue weighted by molar-refractivity contribution is 8.11. The summed E-state index contributed by atoms with van der Waals surface area (Å²) in [4.78, 5) is 0. The molecule has 0 aromatic carbocycles. The largest absolute Gasteiger partial charge is 0.395 e. The van der Waals surface area contributed by atoms with Gasteiger partial charge in [-0.1, -0.05) is 0 Å². The maximum Gasteiger partial charge on any atom is 0.0550 e. The first-order valence-corrected chi connectivity index (χ1v) is 4.23. The molecule has 1 fully saturated rings. The zero-order chi connectivity index (χ0) is 5.98. The molecule has 1 heterocycles. The predicted molar refractivity (Wildman–Crippen MR) is 40.5 cm³/mol. The van der Waals surface area contributed by atoms with Gasteiger partial charge in [0.1, 0.15) is 0 Å². The Morgan fingerprint density at radius 3 is 2.62 bits per heavy atom. The molecule has 0 aromatic rings. The summed E-state index contributed by atoms with van der Waals surface area (Å²) >= 11 is 6.04. The SMILES string of the molecule is OCC1CCC(S)S1. The highest BCUT2D eigenvalue weighted by atomic mass is 32.2. The number of hydrogen-bond acceptors (Lipinski definition) is 3. The van der Waals surface area contributed by atoms with Gasteiger partial charge in [0, 0.05) is 9.83 Å². The minimum atomic E-state index is 0.321. The monoisotopic (exact) mass is 150 g/mol. The Morgan fingerprint density at radius 1 is 1.62 bits per heavy atom. The van der Waals surface area contributed by atoms with E-state index in [9.17, 15) is 0 Å². The molecule has 0 aliphatic carbocycles. The van der Waals surface area contributed by atoms with Gasteiger partial charge in [-0.05, 0) is 12.8 Å². The lowest BCUT2D eigenvalue weighted by atomic mass is 10.3. The van der Waals surface area contributed by atoms with Gasteiger partial charge in [-0.15, -0.1) is 11.8 Å². The number of aliphatic hydroxyl groups excluding tert-OH is 1. The average Bonchev–Trinajstić information content (AvgIpc) is 2.14. The van der Waals surface area contributed by atoms with E-state index in [0.717, 1.165) is 12.8 Å². The van der Waals surface area contributed by atoms with Crippen LogP contribution in [0.4, 0.5) is 0 Å². The van der Waals surface area contributed by atoms with E-state index in [4.69, 9.17) is 5.11 Å². The van der Waals surface area contributed by atoms with Crippen LogP contribution >= 0.6 is 24.4 Å². The highest BCUT2D eigenvalue weighted by Crippen LogP contribution is 2.34. The van der Waals surface area contributed by atoms with Crippen LogP contribution in [0.5, 0.6) is 0 Å². The van der Waals surface area contributed by atoms with Crippen molar-refractivity contribution in [3.05, 3.63) is 0 Å². The van der Waals surface area contributed by atoms with E-state index in [1.165, 1.54) is 0 Å². The maximum absolute atomic E-state index is 8.63. The second-order valence-electron chi connectivity index (χ2n) is 1.97. The van der Waals surface area contributed by atoms with E-state index in [2.05, 4.69) is 12.6 Å². The van der Waals surface area contributed by atoms with E-state index >= 15 is 0 Å². The topological polar surface area (TPSA) is 20.2 Å². The zero-order valence-electron chi connectivity index (χ0n) is 4.58. The lowest BCUT2D eigenvalue weighted by molar-refractivity contribution is 0.293. The van der Waals surface area contributed by atoms with Crippen LogP contribution in [0.1, 0.15) is 12.8 Å². The average molecular weight is 150 g/mol. The molecular weight excluding hydrogens is 140 g/mol. The summed E-state index contributed by atoms with van der Waals surface area (Å²) in [5, 5.41) is 9.10. The first-order valence-electron chi connectivity index (χ1n) is 2.77. The first-order chi connectivity index (χ1) is 3.83. The van der Waals surface area contributed by atoms with Gasteiger partial charge >= 0.3 is 0 Å². The molecule has 8 heavy (non-hydrogen) atoms. The van der Waals surface area contributed by atoms with Gasteiger partial charge < -0.3 is 5.11 Å². The first kappa shape index (κ1) is 6.78. The number of hydrogen-bond donors (Lipinski definition) is 2. The normalized spacial score (nSPS) is 38.2. The number of rotatable bonds is 1. The van der Waals surface area contributed by atoms with Gasteiger partial charge in [0.2, 0.25) is 0 Å². The third kappa shape index (κ3) is 1.57. The third-order valence-corrected chi connectivity index (χ3v) is 3.23. The predicted octanol–water partition coefficient (Wildman–Crippen LogP) is 1.13. The molecule has 0 amide bonds. The van der Waals surface area contributed by atoms with Crippen molar-refractivity contribution in [3.8, 4) is 0 Å². The Balaban J connectivity index is 2.22. The van der Waals surface area contributed by atoms with Crippen molar-refractivity contribution < 1.29 is 5.11 Å². The molecule has 1 rings (SSSR count). The fourth-order valence-corrected chi connectivity index (χ4v) is 2.56. The van der Waals surface area contributed by atoms with Crippen molar-refractivity contribution >= 4 is 24.4 Å². The molecule has 1 N–H and O–H groups in total. The van der Waals surface area contributed by atoms with Crippen molar-refractivity contribution in [2.75, 3.05) is 6.61 Å². The molecule has 0 radical (unpaired) electrons. The molecule has 0 aromatic heterocycles. The minimum absolute atomic E-state index is 0.321. The van der Waals surface area contributed by atoms with Crippen LogP contribution in [0.3, 0.4) is 0 Å². The number of thiol groups is 1. The number of thioether (sulfide) groups is 1. The van der Waals surface area contributed by atoms with Crippen molar-refractivity contribution in [1.29, 1.82) is 0 Å². The Kier molecular flexibility index (Phi) is 2.53. The van der Waals surface area contributed by atoms with Gasteiger partial charge in [-0.2, -0.15) is 12.6 Å². The molecular formula is C5H10OS2.